The topological polar surface area (TPSA) is 44.1 Å². The van der Waals surface area contributed by atoms with Crippen LogP contribution in [-0.2, 0) is 0 Å². The number of aryl methyl sites for hydroxylation is 1. The molecule has 0 saturated heterocycles. The summed E-state index contributed by atoms with van der Waals surface area (Å²) in [6.45, 7) is 2.01. The molecule has 0 spiro atoms. The van der Waals surface area contributed by atoms with Gasteiger partial charge in [0.1, 0.15) is 11.6 Å². The maximum Gasteiger partial charge on any atom is 0.266 e. The Bertz CT molecular complexity index is 1270. The summed E-state index contributed by atoms with van der Waals surface area (Å²) in [6.07, 6.45) is 3.83. The minimum absolute atomic E-state index is 0.0755. The monoisotopic (exact) mass is 494 g/mol. The molecular weight excluding hydrogens is 475 g/mol. The lowest BCUT2D eigenvalue weighted by atomic mass is 10.1. The van der Waals surface area contributed by atoms with Crippen molar-refractivity contribution in [2.45, 2.75) is 6.92 Å². The van der Waals surface area contributed by atoms with Gasteiger partial charge in [0.2, 0.25) is 0 Å². The van der Waals surface area contributed by atoms with Crippen molar-refractivity contribution < 1.29 is 4.74 Å². The number of hydrogen-bond acceptors (Lipinski definition) is 3. The molecule has 0 aliphatic heterocycles. The van der Waals surface area contributed by atoms with Crippen molar-refractivity contribution in [2.24, 2.45) is 0 Å². The van der Waals surface area contributed by atoms with Gasteiger partial charge in [0.15, 0.2) is 0 Å². The van der Waals surface area contributed by atoms with E-state index in [0.717, 1.165) is 26.1 Å². The average Bonchev–Trinajstić information content (AvgIpc) is 2.73. The number of hydrogen-bond donors (Lipinski definition) is 0. The first-order valence-corrected chi connectivity index (χ1v) is 10.2. The summed E-state index contributed by atoms with van der Waals surface area (Å²) in [5.41, 5.74) is 3.50. The summed E-state index contributed by atoms with van der Waals surface area (Å²) < 4.78 is 7.89. The summed E-state index contributed by atoms with van der Waals surface area (Å²) in [7, 11) is 1.64. The molecule has 0 saturated carbocycles. The molecule has 3 aromatic carbocycles. The molecule has 29 heavy (non-hydrogen) atoms. The number of nitrogens with zero attached hydrogens (tertiary/aromatic N) is 2. The summed E-state index contributed by atoms with van der Waals surface area (Å²) in [5.74, 6) is 1.39. The maximum atomic E-state index is 13.4. The highest BCUT2D eigenvalue weighted by Gasteiger charge is 2.12. The van der Waals surface area contributed by atoms with Crippen LogP contribution in [0.4, 0.5) is 0 Å². The van der Waals surface area contributed by atoms with E-state index < -0.39 is 0 Å². The van der Waals surface area contributed by atoms with E-state index >= 15 is 0 Å². The second-order valence-corrected chi connectivity index (χ2v) is 7.96. The van der Waals surface area contributed by atoms with Crippen molar-refractivity contribution in [3.8, 4) is 11.4 Å². The van der Waals surface area contributed by atoms with Crippen molar-refractivity contribution in [3.05, 3.63) is 97.6 Å². The highest BCUT2D eigenvalue weighted by molar-refractivity contribution is 14.1. The summed E-state index contributed by atoms with van der Waals surface area (Å²) >= 11 is 2.21. The van der Waals surface area contributed by atoms with Crippen molar-refractivity contribution >= 4 is 45.6 Å². The zero-order chi connectivity index (χ0) is 20.4. The van der Waals surface area contributed by atoms with Crippen LogP contribution in [0.25, 0.3) is 28.7 Å². The quantitative estimate of drug-likeness (QED) is 0.353. The number of aromatic nitrogens is 2. The lowest BCUT2D eigenvalue weighted by molar-refractivity contribution is 0.415. The fourth-order valence-corrected chi connectivity index (χ4v) is 3.68. The van der Waals surface area contributed by atoms with Crippen LogP contribution in [0, 0.1) is 10.5 Å². The fraction of sp³-hybridized carbons (Fsp3) is 0.0833. The van der Waals surface area contributed by atoms with E-state index in [9.17, 15) is 4.79 Å². The smallest absolute Gasteiger partial charge is 0.266 e. The van der Waals surface area contributed by atoms with E-state index in [1.807, 2.05) is 85.8 Å². The molecule has 4 rings (SSSR count). The normalized spacial score (nSPS) is 11.3. The Morgan fingerprint density at radius 1 is 1.00 bits per heavy atom. The van der Waals surface area contributed by atoms with E-state index in [-0.39, 0.29) is 5.56 Å². The van der Waals surface area contributed by atoms with Gasteiger partial charge in [-0.3, -0.25) is 9.36 Å². The molecule has 0 bridgehead atoms. The van der Waals surface area contributed by atoms with Crippen LogP contribution in [0.1, 0.15) is 17.0 Å². The number of fused-ring (bicyclic) bond motifs is 1. The highest BCUT2D eigenvalue weighted by atomic mass is 127. The summed E-state index contributed by atoms with van der Waals surface area (Å²) in [4.78, 5) is 18.2. The zero-order valence-corrected chi connectivity index (χ0v) is 18.3. The van der Waals surface area contributed by atoms with Crippen molar-refractivity contribution in [3.63, 3.8) is 0 Å². The first-order valence-electron chi connectivity index (χ1n) is 9.16. The molecule has 0 fully saturated rings. The van der Waals surface area contributed by atoms with Crippen LogP contribution in [0.5, 0.6) is 5.75 Å². The predicted octanol–water partition coefficient (Wildman–Crippen LogP) is 5.48. The minimum Gasteiger partial charge on any atom is -0.497 e. The van der Waals surface area contributed by atoms with Crippen molar-refractivity contribution in [1.29, 1.82) is 0 Å². The summed E-state index contributed by atoms with van der Waals surface area (Å²) in [5, 5.41) is 0.611. The molecule has 0 atom stereocenters. The first kappa shape index (κ1) is 19.4. The van der Waals surface area contributed by atoms with E-state index in [1.54, 1.807) is 11.7 Å². The summed E-state index contributed by atoms with van der Waals surface area (Å²) in [6, 6.07) is 21.4. The van der Waals surface area contributed by atoms with Gasteiger partial charge in [-0.25, -0.2) is 4.98 Å². The standard InChI is InChI=1S/C24H19IN2O2/c1-16-4-3-5-19(14-16)27-23(13-8-17-6-10-20(29-2)11-7-17)26-22-12-9-18(25)15-21(22)24(27)28/h3-15H,1-2H3/b13-8+. The van der Waals surface area contributed by atoms with Crippen molar-refractivity contribution in [2.75, 3.05) is 7.11 Å². The predicted molar refractivity (Wildman–Crippen MR) is 127 cm³/mol. The van der Waals surface area contributed by atoms with E-state index in [1.165, 1.54) is 0 Å². The van der Waals surface area contributed by atoms with Crippen LogP contribution >= 0.6 is 22.6 Å². The Balaban J connectivity index is 1.91. The van der Waals surface area contributed by atoms with Gasteiger partial charge in [-0.15, -0.1) is 0 Å². The molecule has 1 heterocycles. The molecule has 0 unspecified atom stereocenters. The number of methoxy groups -OCH3 is 1. The van der Waals surface area contributed by atoms with Gasteiger partial charge in [-0.1, -0.05) is 30.3 Å². The molecule has 1 aromatic heterocycles. The SMILES string of the molecule is COc1ccc(/C=C/c2nc3ccc(I)cc3c(=O)n2-c2cccc(C)c2)cc1. The fourth-order valence-electron chi connectivity index (χ4n) is 3.19. The van der Waals surface area contributed by atoms with E-state index in [4.69, 9.17) is 9.72 Å². The van der Waals surface area contributed by atoms with Gasteiger partial charge in [0.25, 0.3) is 5.56 Å². The molecule has 0 N–H and O–H groups in total. The first-order chi connectivity index (χ1) is 14.0. The van der Waals surface area contributed by atoms with Crippen LogP contribution in [-0.4, -0.2) is 16.7 Å². The van der Waals surface area contributed by atoms with Gasteiger partial charge in [0, 0.05) is 3.57 Å². The second kappa shape index (κ2) is 8.21. The van der Waals surface area contributed by atoms with Crippen LogP contribution in [0.3, 0.4) is 0 Å². The molecule has 4 nitrogen and oxygen atoms in total. The molecule has 144 valence electrons. The van der Waals surface area contributed by atoms with Gasteiger partial charge in [-0.05, 0) is 89.2 Å². The molecule has 5 heteroatoms. The van der Waals surface area contributed by atoms with E-state index in [2.05, 4.69) is 22.6 Å². The Kier molecular flexibility index (Phi) is 5.49. The van der Waals surface area contributed by atoms with Gasteiger partial charge in [-0.2, -0.15) is 0 Å². The van der Waals surface area contributed by atoms with Crippen molar-refractivity contribution in [1.82, 2.24) is 9.55 Å². The Morgan fingerprint density at radius 2 is 1.79 bits per heavy atom. The molecule has 0 amide bonds. The second-order valence-electron chi connectivity index (χ2n) is 6.72. The number of halogens is 1. The third-order valence-corrected chi connectivity index (χ3v) is 5.33. The number of ether oxygens (including phenoxy) is 1. The largest absolute Gasteiger partial charge is 0.497 e. The number of rotatable bonds is 4. The number of benzene rings is 3. The Labute approximate surface area is 182 Å². The molecule has 0 radical (unpaired) electrons. The van der Waals surface area contributed by atoms with Gasteiger partial charge < -0.3 is 4.74 Å². The molecule has 0 aliphatic carbocycles. The third kappa shape index (κ3) is 4.10. The van der Waals surface area contributed by atoms with Gasteiger partial charge >= 0.3 is 0 Å². The maximum absolute atomic E-state index is 13.4. The molecule has 0 aliphatic rings. The van der Waals surface area contributed by atoms with Crippen LogP contribution in [0.15, 0.2) is 71.5 Å². The Morgan fingerprint density at radius 3 is 2.52 bits per heavy atom. The van der Waals surface area contributed by atoms with Crippen LogP contribution < -0.4 is 10.3 Å². The Hall–Kier alpha value is -2.93. The average molecular weight is 494 g/mol. The van der Waals surface area contributed by atoms with Crippen LogP contribution in [0.2, 0.25) is 0 Å². The zero-order valence-electron chi connectivity index (χ0n) is 16.1. The van der Waals surface area contributed by atoms with Gasteiger partial charge in [0.05, 0.1) is 23.7 Å². The van der Waals surface area contributed by atoms with E-state index in [0.29, 0.717) is 16.7 Å². The minimum atomic E-state index is -0.0755. The lowest BCUT2D eigenvalue weighted by Crippen LogP contribution is -2.22. The molecule has 4 aromatic rings. The third-order valence-electron chi connectivity index (χ3n) is 4.66. The highest BCUT2D eigenvalue weighted by Crippen LogP contribution is 2.19. The lowest BCUT2D eigenvalue weighted by Gasteiger charge is -2.12. The molecular formula is C24H19IN2O2.